The smallest absolute Gasteiger partial charge is 0.138 e. The monoisotopic (exact) mass is 269 g/mol. The van der Waals surface area contributed by atoms with Crippen molar-refractivity contribution in [3.63, 3.8) is 0 Å². The Kier molecular flexibility index (Phi) is 2.55. The molecule has 3 aromatic rings. The molecule has 1 N–H and O–H groups in total. The van der Waals surface area contributed by atoms with Crippen LogP contribution in [0.25, 0.3) is 5.65 Å². The van der Waals surface area contributed by atoms with Gasteiger partial charge in [-0.1, -0.05) is 6.07 Å². The highest BCUT2D eigenvalue weighted by molar-refractivity contribution is 7.10. The number of fused-ring (bicyclic) bond motifs is 2. The molecule has 4 heteroatoms. The van der Waals surface area contributed by atoms with Gasteiger partial charge in [-0.2, -0.15) is 0 Å². The molecule has 19 heavy (non-hydrogen) atoms. The second kappa shape index (κ2) is 4.38. The molecule has 1 unspecified atom stereocenters. The van der Waals surface area contributed by atoms with E-state index in [4.69, 9.17) is 0 Å². The van der Waals surface area contributed by atoms with E-state index in [1.807, 2.05) is 29.8 Å². The minimum absolute atomic E-state index is 0.433. The summed E-state index contributed by atoms with van der Waals surface area (Å²) in [6.45, 7) is 0. The molecule has 96 valence electrons. The summed E-state index contributed by atoms with van der Waals surface area (Å²) < 4.78 is 2.11. The van der Waals surface area contributed by atoms with Crippen LogP contribution in [-0.2, 0) is 6.42 Å². The number of thiophene rings is 1. The van der Waals surface area contributed by atoms with Crippen molar-refractivity contribution in [1.29, 1.82) is 0 Å². The van der Waals surface area contributed by atoms with Crippen molar-refractivity contribution in [3.8, 4) is 0 Å². The molecule has 0 saturated heterocycles. The van der Waals surface area contributed by atoms with Gasteiger partial charge in [0.05, 0.1) is 6.04 Å². The molecule has 0 fully saturated rings. The highest BCUT2D eigenvalue weighted by Crippen LogP contribution is 2.35. The molecule has 3 nitrogen and oxygen atoms in total. The Morgan fingerprint density at radius 2 is 2.32 bits per heavy atom. The molecule has 1 aliphatic carbocycles. The summed E-state index contributed by atoms with van der Waals surface area (Å²) in [6, 6.07) is 8.91. The number of aryl methyl sites for hydroxylation is 1. The molecule has 0 radical (unpaired) electrons. The lowest BCUT2D eigenvalue weighted by Gasteiger charge is -2.25. The quantitative estimate of drug-likeness (QED) is 0.765. The van der Waals surface area contributed by atoms with Gasteiger partial charge in [0.25, 0.3) is 0 Å². The van der Waals surface area contributed by atoms with Crippen molar-refractivity contribution in [2.75, 3.05) is 5.32 Å². The van der Waals surface area contributed by atoms with Crippen molar-refractivity contribution in [2.45, 2.75) is 25.3 Å². The van der Waals surface area contributed by atoms with E-state index in [2.05, 4.69) is 38.3 Å². The summed E-state index contributed by atoms with van der Waals surface area (Å²) in [4.78, 5) is 5.87. The van der Waals surface area contributed by atoms with Crippen molar-refractivity contribution in [2.24, 2.45) is 0 Å². The minimum Gasteiger partial charge on any atom is -0.364 e. The summed E-state index contributed by atoms with van der Waals surface area (Å²) in [6.07, 6.45) is 7.56. The fourth-order valence-electron chi connectivity index (χ4n) is 2.88. The number of hydrogen-bond acceptors (Lipinski definition) is 3. The number of hydrogen-bond donors (Lipinski definition) is 1. The van der Waals surface area contributed by atoms with Gasteiger partial charge < -0.3 is 5.32 Å². The zero-order chi connectivity index (χ0) is 12.7. The van der Waals surface area contributed by atoms with Crippen molar-refractivity contribution < 1.29 is 0 Å². The Morgan fingerprint density at radius 3 is 3.32 bits per heavy atom. The van der Waals surface area contributed by atoms with Crippen LogP contribution in [0.2, 0.25) is 0 Å². The zero-order valence-corrected chi connectivity index (χ0v) is 11.4. The van der Waals surface area contributed by atoms with E-state index in [-0.39, 0.29) is 0 Å². The fraction of sp³-hybridized carbons (Fsp3) is 0.267. The van der Waals surface area contributed by atoms with Crippen LogP contribution in [0.1, 0.15) is 29.3 Å². The van der Waals surface area contributed by atoms with E-state index in [0.717, 1.165) is 11.5 Å². The van der Waals surface area contributed by atoms with E-state index in [1.54, 1.807) is 4.88 Å². The first-order valence-electron chi connectivity index (χ1n) is 6.67. The maximum Gasteiger partial charge on any atom is 0.138 e. The normalized spacial score (nSPS) is 18.4. The lowest BCUT2D eigenvalue weighted by molar-refractivity contribution is 0.606. The molecule has 0 bridgehead atoms. The predicted octanol–water partition coefficient (Wildman–Crippen LogP) is 3.89. The number of rotatable bonds is 2. The number of nitrogens with one attached hydrogen (secondary N) is 1. The first-order chi connectivity index (χ1) is 9.42. The topological polar surface area (TPSA) is 29.3 Å². The lowest BCUT2D eigenvalue weighted by atomic mass is 9.94. The summed E-state index contributed by atoms with van der Waals surface area (Å²) in [5, 5.41) is 5.89. The highest BCUT2D eigenvalue weighted by atomic mass is 32.1. The van der Waals surface area contributed by atoms with Gasteiger partial charge in [-0.3, -0.25) is 4.40 Å². The third kappa shape index (κ3) is 1.83. The average molecular weight is 269 g/mol. The van der Waals surface area contributed by atoms with Crippen molar-refractivity contribution in [3.05, 3.63) is 52.5 Å². The number of aromatic nitrogens is 2. The highest BCUT2D eigenvalue weighted by Gasteiger charge is 2.21. The summed E-state index contributed by atoms with van der Waals surface area (Å²) >= 11 is 1.89. The largest absolute Gasteiger partial charge is 0.364 e. The van der Waals surface area contributed by atoms with Gasteiger partial charge in [0.1, 0.15) is 11.5 Å². The van der Waals surface area contributed by atoms with Gasteiger partial charge in [-0.05, 0) is 48.4 Å². The molecule has 3 heterocycles. The van der Waals surface area contributed by atoms with Crippen LogP contribution >= 0.6 is 11.3 Å². The van der Waals surface area contributed by atoms with Crippen LogP contribution in [0.5, 0.6) is 0 Å². The second-order valence-electron chi connectivity index (χ2n) is 4.95. The standard InChI is InChI=1S/C15H15N3S/c1-3-12(11-7-10-19-13(11)4-1)17-15-6-2-5-14-16-8-9-18(14)15/h2,5-10,12,17H,1,3-4H2. The number of imidazole rings is 1. The SMILES string of the molecule is c1cc(NC2CCCc3sccc32)n2ccnc2c1. The van der Waals surface area contributed by atoms with Gasteiger partial charge in [0, 0.05) is 17.3 Å². The Labute approximate surface area is 115 Å². The van der Waals surface area contributed by atoms with Crippen molar-refractivity contribution in [1.82, 2.24) is 9.38 Å². The van der Waals surface area contributed by atoms with E-state index in [0.29, 0.717) is 6.04 Å². The Hall–Kier alpha value is -1.81. The lowest BCUT2D eigenvalue weighted by Crippen LogP contribution is -2.17. The van der Waals surface area contributed by atoms with Crippen LogP contribution in [-0.4, -0.2) is 9.38 Å². The van der Waals surface area contributed by atoms with Crippen LogP contribution in [0, 0.1) is 0 Å². The summed E-state index contributed by atoms with van der Waals surface area (Å²) in [5.74, 6) is 1.12. The fourth-order valence-corrected chi connectivity index (χ4v) is 3.87. The Morgan fingerprint density at radius 1 is 1.32 bits per heavy atom. The molecule has 0 saturated carbocycles. The molecule has 1 aliphatic rings. The van der Waals surface area contributed by atoms with Gasteiger partial charge in [-0.25, -0.2) is 4.98 Å². The van der Waals surface area contributed by atoms with Crippen LogP contribution in [0.4, 0.5) is 5.82 Å². The average Bonchev–Trinajstić information content (AvgIpc) is 3.08. The first kappa shape index (κ1) is 11.1. The number of nitrogens with zero attached hydrogens (tertiary/aromatic N) is 2. The third-order valence-corrected chi connectivity index (χ3v) is 4.80. The predicted molar refractivity (Wildman–Crippen MR) is 78.8 cm³/mol. The van der Waals surface area contributed by atoms with Crippen LogP contribution in [0.15, 0.2) is 42.0 Å². The molecule has 3 aromatic heterocycles. The van der Waals surface area contributed by atoms with Crippen LogP contribution in [0.3, 0.4) is 0 Å². The molecule has 0 aromatic carbocycles. The van der Waals surface area contributed by atoms with Crippen LogP contribution < -0.4 is 5.32 Å². The van der Waals surface area contributed by atoms with Gasteiger partial charge >= 0.3 is 0 Å². The zero-order valence-electron chi connectivity index (χ0n) is 10.5. The third-order valence-electron chi connectivity index (χ3n) is 3.80. The van der Waals surface area contributed by atoms with E-state index in [1.165, 1.54) is 24.8 Å². The maximum atomic E-state index is 4.33. The second-order valence-corrected chi connectivity index (χ2v) is 5.96. The maximum absolute atomic E-state index is 4.33. The molecular weight excluding hydrogens is 254 g/mol. The molecule has 0 amide bonds. The minimum atomic E-state index is 0.433. The molecule has 1 atom stereocenters. The molecular formula is C15H15N3S. The summed E-state index contributed by atoms with van der Waals surface area (Å²) in [7, 11) is 0. The van der Waals surface area contributed by atoms with E-state index < -0.39 is 0 Å². The number of anilines is 1. The molecule has 4 rings (SSSR count). The number of pyridine rings is 1. The van der Waals surface area contributed by atoms with Gasteiger partial charge in [0.2, 0.25) is 0 Å². The summed E-state index contributed by atoms with van der Waals surface area (Å²) in [5.41, 5.74) is 2.47. The molecule has 0 aliphatic heterocycles. The Balaban J connectivity index is 1.71. The van der Waals surface area contributed by atoms with Gasteiger partial charge in [0.15, 0.2) is 0 Å². The van der Waals surface area contributed by atoms with Crippen molar-refractivity contribution >= 4 is 22.8 Å². The Bertz CT molecular complexity index is 713. The van der Waals surface area contributed by atoms with E-state index >= 15 is 0 Å². The molecule has 0 spiro atoms. The van der Waals surface area contributed by atoms with Gasteiger partial charge in [-0.15, -0.1) is 11.3 Å². The van der Waals surface area contributed by atoms with E-state index in [9.17, 15) is 0 Å². The first-order valence-corrected chi connectivity index (χ1v) is 7.55.